The maximum atomic E-state index is 12.1. The van der Waals surface area contributed by atoms with E-state index in [1.807, 2.05) is 0 Å². The molecule has 122 valence electrons. The quantitative estimate of drug-likeness (QED) is 0.283. The first-order chi connectivity index (χ1) is 10.3. The molecular weight excluding hydrogens is 304 g/mol. The van der Waals surface area contributed by atoms with Crippen molar-refractivity contribution in [1.82, 2.24) is 5.32 Å². The number of urea groups is 1. The monoisotopic (exact) mass is 318 g/mol. The third-order valence-electron chi connectivity index (χ3n) is 3.92. The molecule has 2 heterocycles. The number of aliphatic hydroxyl groups is 4. The van der Waals surface area contributed by atoms with Crippen molar-refractivity contribution < 1.29 is 44.7 Å². The van der Waals surface area contributed by atoms with Crippen LogP contribution in [-0.2, 0) is 14.3 Å². The summed E-state index contributed by atoms with van der Waals surface area (Å²) >= 11 is 0. The standard InChI is InChI=1S/C11H14N2O9/c14-1-4-5(16)6(17)11(3-15,22-4)10(8(19)20)2-12-9(21)13-7(10)18/h2,4-6,14-17H,1,3H2,(H,19,20)(H,13,18,21)/t4-,5-,6-,10?,11-/m1/s1. The van der Waals surface area contributed by atoms with Crippen LogP contribution in [0.25, 0.3) is 0 Å². The predicted octanol–water partition coefficient (Wildman–Crippen LogP) is -3.78. The number of carbonyl (C=O) groups is 3. The minimum atomic E-state index is -2.76. The van der Waals surface area contributed by atoms with Gasteiger partial charge in [-0.1, -0.05) is 0 Å². The van der Waals surface area contributed by atoms with E-state index in [1.165, 1.54) is 0 Å². The van der Waals surface area contributed by atoms with Gasteiger partial charge in [0.2, 0.25) is 5.41 Å². The van der Waals surface area contributed by atoms with Gasteiger partial charge in [-0.05, 0) is 0 Å². The van der Waals surface area contributed by atoms with Crippen LogP contribution < -0.4 is 5.32 Å². The molecule has 2 rings (SSSR count). The van der Waals surface area contributed by atoms with Gasteiger partial charge in [-0.15, -0.1) is 0 Å². The molecule has 6 N–H and O–H groups in total. The van der Waals surface area contributed by atoms with Crippen molar-refractivity contribution in [3.63, 3.8) is 0 Å². The Labute approximate surface area is 122 Å². The minimum absolute atomic E-state index is 0.447. The number of aliphatic hydroxyl groups excluding tert-OH is 4. The van der Waals surface area contributed by atoms with Gasteiger partial charge in [-0.3, -0.25) is 14.9 Å². The molecule has 0 aromatic carbocycles. The van der Waals surface area contributed by atoms with E-state index in [0.29, 0.717) is 6.21 Å². The second kappa shape index (κ2) is 5.37. The molecular formula is C11H14N2O9. The molecule has 11 nitrogen and oxygen atoms in total. The number of imide groups is 1. The lowest BCUT2D eigenvalue weighted by Crippen LogP contribution is -2.70. The summed E-state index contributed by atoms with van der Waals surface area (Å²) in [7, 11) is 0. The Morgan fingerprint density at radius 1 is 1.36 bits per heavy atom. The van der Waals surface area contributed by atoms with Gasteiger partial charge in [0.05, 0.1) is 13.2 Å². The molecule has 0 spiro atoms. The molecule has 0 saturated carbocycles. The molecule has 1 saturated heterocycles. The summed E-state index contributed by atoms with van der Waals surface area (Å²) in [6, 6.07) is -1.12. The summed E-state index contributed by atoms with van der Waals surface area (Å²) in [6.45, 7) is -1.99. The average molecular weight is 318 g/mol. The summed E-state index contributed by atoms with van der Waals surface area (Å²) in [6.07, 6.45) is -4.77. The van der Waals surface area contributed by atoms with E-state index < -0.39 is 60.4 Å². The summed E-state index contributed by atoms with van der Waals surface area (Å²) in [4.78, 5) is 38.1. The molecule has 2 aliphatic heterocycles. The summed E-state index contributed by atoms with van der Waals surface area (Å²) in [5.41, 5.74) is -5.29. The topological polar surface area (TPSA) is 186 Å². The zero-order chi connectivity index (χ0) is 16.7. The number of rotatable bonds is 4. The molecule has 22 heavy (non-hydrogen) atoms. The number of aliphatic carboxylic acids is 1. The van der Waals surface area contributed by atoms with Gasteiger partial charge in [0.15, 0.2) is 5.60 Å². The van der Waals surface area contributed by atoms with E-state index in [1.54, 1.807) is 5.32 Å². The van der Waals surface area contributed by atoms with Gasteiger partial charge < -0.3 is 30.3 Å². The maximum absolute atomic E-state index is 12.1. The van der Waals surface area contributed by atoms with Crippen LogP contribution in [0.1, 0.15) is 0 Å². The van der Waals surface area contributed by atoms with Crippen LogP contribution >= 0.6 is 0 Å². The smallest absolute Gasteiger partial charge is 0.347 e. The maximum Gasteiger partial charge on any atom is 0.347 e. The van der Waals surface area contributed by atoms with Gasteiger partial charge in [0, 0.05) is 6.21 Å². The number of amides is 3. The fourth-order valence-electron chi connectivity index (χ4n) is 2.69. The zero-order valence-corrected chi connectivity index (χ0v) is 11.0. The Balaban J connectivity index is 2.65. The third kappa shape index (κ3) is 1.87. The van der Waals surface area contributed by atoms with Crippen LogP contribution in [0.2, 0.25) is 0 Å². The lowest BCUT2D eigenvalue weighted by atomic mass is 9.68. The number of carbonyl (C=O) groups excluding carboxylic acids is 2. The molecule has 1 fully saturated rings. The summed E-state index contributed by atoms with van der Waals surface area (Å²) in [5, 5.41) is 49.7. The van der Waals surface area contributed by atoms with Crippen molar-refractivity contribution in [1.29, 1.82) is 0 Å². The Morgan fingerprint density at radius 2 is 2.00 bits per heavy atom. The molecule has 0 aliphatic carbocycles. The lowest BCUT2D eigenvalue weighted by Gasteiger charge is -2.42. The highest BCUT2D eigenvalue weighted by molar-refractivity contribution is 6.24. The number of nitrogens with zero attached hydrogens (tertiary/aromatic N) is 1. The van der Waals surface area contributed by atoms with Gasteiger partial charge in [-0.25, -0.2) is 9.79 Å². The van der Waals surface area contributed by atoms with Gasteiger partial charge >= 0.3 is 12.0 Å². The number of aliphatic imine (C=N–C) groups is 1. The molecule has 2 aliphatic rings. The van der Waals surface area contributed by atoms with E-state index in [-0.39, 0.29) is 0 Å². The summed E-state index contributed by atoms with van der Waals surface area (Å²) in [5.74, 6) is -3.25. The Kier molecular flexibility index (Phi) is 4.02. The molecule has 0 aromatic heterocycles. The van der Waals surface area contributed by atoms with E-state index in [4.69, 9.17) is 9.84 Å². The summed E-state index contributed by atoms with van der Waals surface area (Å²) < 4.78 is 5.14. The second-order valence-electron chi connectivity index (χ2n) is 4.95. The number of hydrogen-bond donors (Lipinski definition) is 6. The first-order valence-electron chi connectivity index (χ1n) is 6.16. The van der Waals surface area contributed by atoms with Crippen molar-refractivity contribution in [3.05, 3.63) is 0 Å². The van der Waals surface area contributed by atoms with Gasteiger partial charge in [0.1, 0.15) is 18.3 Å². The van der Waals surface area contributed by atoms with Crippen molar-refractivity contribution >= 4 is 24.1 Å². The fraction of sp³-hybridized carbons (Fsp3) is 0.636. The lowest BCUT2D eigenvalue weighted by molar-refractivity contribution is -0.192. The largest absolute Gasteiger partial charge is 0.480 e. The minimum Gasteiger partial charge on any atom is -0.480 e. The molecule has 0 aromatic rings. The van der Waals surface area contributed by atoms with Crippen LogP contribution in [-0.4, -0.2) is 86.8 Å². The Morgan fingerprint density at radius 3 is 2.41 bits per heavy atom. The zero-order valence-electron chi connectivity index (χ0n) is 11.0. The second-order valence-corrected chi connectivity index (χ2v) is 4.95. The van der Waals surface area contributed by atoms with Crippen LogP contribution in [0.3, 0.4) is 0 Å². The first-order valence-corrected chi connectivity index (χ1v) is 6.16. The van der Waals surface area contributed by atoms with E-state index in [0.717, 1.165) is 0 Å². The van der Waals surface area contributed by atoms with E-state index >= 15 is 0 Å². The van der Waals surface area contributed by atoms with Crippen LogP contribution in [0.4, 0.5) is 4.79 Å². The van der Waals surface area contributed by atoms with E-state index in [2.05, 4.69) is 4.99 Å². The average Bonchev–Trinajstić information content (AvgIpc) is 2.72. The predicted molar refractivity (Wildman–Crippen MR) is 65.9 cm³/mol. The van der Waals surface area contributed by atoms with E-state index in [9.17, 15) is 34.8 Å². The van der Waals surface area contributed by atoms with Crippen molar-refractivity contribution in [2.45, 2.75) is 23.9 Å². The third-order valence-corrected chi connectivity index (χ3v) is 3.92. The van der Waals surface area contributed by atoms with Crippen LogP contribution in [0.5, 0.6) is 0 Å². The van der Waals surface area contributed by atoms with Gasteiger partial charge in [-0.2, -0.15) is 0 Å². The molecule has 5 atom stereocenters. The normalized spacial score (nSPS) is 41.5. The van der Waals surface area contributed by atoms with Gasteiger partial charge in [0.25, 0.3) is 5.91 Å². The van der Waals surface area contributed by atoms with Crippen LogP contribution in [0.15, 0.2) is 4.99 Å². The molecule has 0 bridgehead atoms. The molecule has 11 heteroatoms. The SMILES string of the molecule is O=C1N=CC(C(=O)O)([C@]2(CO)O[C@H](CO)[C@@H](O)[C@H]2O)C(=O)N1. The fourth-order valence-corrected chi connectivity index (χ4v) is 2.69. The number of nitrogens with one attached hydrogen (secondary N) is 1. The number of carboxylic acids is 1. The van der Waals surface area contributed by atoms with Crippen molar-refractivity contribution in [3.8, 4) is 0 Å². The molecule has 1 unspecified atom stereocenters. The Hall–Kier alpha value is -1.92. The van der Waals surface area contributed by atoms with Crippen molar-refractivity contribution in [2.24, 2.45) is 10.4 Å². The number of hydrogen-bond acceptors (Lipinski definition) is 8. The van der Waals surface area contributed by atoms with Crippen molar-refractivity contribution in [2.75, 3.05) is 13.2 Å². The highest BCUT2D eigenvalue weighted by Crippen LogP contribution is 2.45. The molecule has 0 radical (unpaired) electrons. The first kappa shape index (κ1) is 16.5. The highest BCUT2D eigenvalue weighted by Gasteiger charge is 2.72. The highest BCUT2D eigenvalue weighted by atomic mass is 16.6. The van der Waals surface area contributed by atoms with Crippen LogP contribution in [0, 0.1) is 5.41 Å². The molecule has 3 amide bonds. The number of carboxylic acid groups (broad SMARTS) is 1. The Bertz CT molecular complexity index is 550. The number of ether oxygens (including phenoxy) is 1.